The van der Waals surface area contributed by atoms with E-state index >= 15 is 0 Å². The van der Waals surface area contributed by atoms with Gasteiger partial charge in [0.05, 0.1) is 0 Å². The van der Waals surface area contributed by atoms with Crippen molar-refractivity contribution in [1.82, 2.24) is 5.32 Å². The van der Waals surface area contributed by atoms with Crippen molar-refractivity contribution < 1.29 is 17.4 Å². The topological polar surface area (TPSA) is 75.7 Å². The van der Waals surface area contributed by atoms with Crippen LogP contribution in [0.4, 0.5) is 10.5 Å². The lowest BCUT2D eigenvalue weighted by atomic mass is 9.94. The molecule has 0 aromatic heterocycles. The van der Waals surface area contributed by atoms with E-state index in [-0.39, 0.29) is 16.7 Å². The van der Waals surface area contributed by atoms with Crippen molar-refractivity contribution in [2.75, 3.05) is 18.0 Å². The number of hydrogen-bond donors (Lipinski definition) is 1. The fourth-order valence-electron chi connectivity index (χ4n) is 2.67. The smallest absolute Gasteiger partial charge is 0.339 e. The fraction of sp³-hybridized carbons (Fsp3) is 0.188. The van der Waals surface area contributed by atoms with Gasteiger partial charge in [0.2, 0.25) is 0 Å². The predicted molar refractivity (Wildman–Crippen MR) is 94.4 cm³/mol. The largest absolute Gasteiger partial charge is 0.379 e. The van der Waals surface area contributed by atoms with Crippen LogP contribution in [0.5, 0.6) is 5.75 Å². The Morgan fingerprint density at radius 3 is 2.46 bits per heavy atom. The van der Waals surface area contributed by atoms with Crippen LogP contribution in [0, 0.1) is 6.92 Å². The highest BCUT2D eigenvalue weighted by Gasteiger charge is 2.22. The lowest BCUT2D eigenvalue weighted by molar-refractivity contribution is 0.252. The average molecular weight is 344 g/mol. The molecule has 1 aliphatic heterocycles. The van der Waals surface area contributed by atoms with Crippen molar-refractivity contribution in [3.8, 4) is 5.75 Å². The van der Waals surface area contributed by atoms with Crippen molar-refractivity contribution in [3.05, 3.63) is 48.0 Å². The molecule has 0 aliphatic carbocycles. The molecule has 2 amide bonds. The van der Waals surface area contributed by atoms with Gasteiger partial charge in [0.25, 0.3) is 0 Å². The van der Waals surface area contributed by atoms with Crippen LogP contribution in [0.15, 0.2) is 47.4 Å². The maximum Gasteiger partial charge on any atom is 0.339 e. The third-order valence-corrected chi connectivity index (χ3v) is 4.96. The van der Waals surface area contributed by atoms with Gasteiger partial charge in [-0.3, -0.25) is 4.90 Å². The minimum atomic E-state index is -3.92. The number of hydrogen-bond acceptors (Lipinski definition) is 4. The molecule has 0 radical (unpaired) electrons. The van der Waals surface area contributed by atoms with E-state index in [9.17, 15) is 13.2 Å². The highest BCUT2D eigenvalue weighted by molar-refractivity contribution is 7.87. The van der Waals surface area contributed by atoms with Crippen molar-refractivity contribution in [2.24, 2.45) is 0 Å². The van der Waals surface area contributed by atoms with Gasteiger partial charge < -0.3 is 9.50 Å². The minimum absolute atomic E-state index is 0.0463. The molecule has 2 aromatic carbocycles. The number of carbonyl (C=O) groups excluding carboxylic acids is 1. The summed E-state index contributed by atoms with van der Waals surface area (Å²) in [7, 11) is -2.04. The molecule has 8 heteroatoms. The Morgan fingerprint density at radius 1 is 1.17 bits per heavy atom. The van der Waals surface area contributed by atoms with E-state index in [1.165, 1.54) is 12.1 Å². The van der Waals surface area contributed by atoms with Crippen molar-refractivity contribution in [2.45, 2.75) is 11.8 Å². The van der Waals surface area contributed by atoms with Crippen LogP contribution in [0.2, 0.25) is 0 Å². The Balaban J connectivity index is 1.83. The first kappa shape index (κ1) is 16.4. The minimum Gasteiger partial charge on any atom is -0.379 e. The summed E-state index contributed by atoms with van der Waals surface area (Å²) in [6.07, 6.45) is 0. The first-order chi connectivity index (χ1) is 11.3. The Bertz CT molecular complexity index is 861. The average Bonchev–Trinajstić information content (AvgIpc) is 2.92. The van der Waals surface area contributed by atoms with E-state index < -0.39 is 10.1 Å². The van der Waals surface area contributed by atoms with Crippen LogP contribution in [-0.2, 0) is 10.1 Å². The zero-order chi connectivity index (χ0) is 17.3. The molecule has 1 N–H and O–H groups in total. The normalized spacial score (nSPS) is 14.5. The second kappa shape index (κ2) is 6.20. The molecule has 0 atom stereocenters. The summed E-state index contributed by atoms with van der Waals surface area (Å²) in [5.74, 6) is 0.287. The quantitative estimate of drug-likeness (QED) is 0.649. The van der Waals surface area contributed by atoms with E-state index in [1.807, 2.05) is 20.8 Å². The van der Waals surface area contributed by atoms with E-state index in [2.05, 4.69) is 5.32 Å². The van der Waals surface area contributed by atoms with Gasteiger partial charge in [0.15, 0.2) is 0 Å². The summed E-state index contributed by atoms with van der Waals surface area (Å²) in [4.78, 5) is 13.2. The third-order valence-electron chi connectivity index (χ3n) is 3.69. The van der Waals surface area contributed by atoms with E-state index in [0.29, 0.717) is 18.8 Å². The fourth-order valence-corrected chi connectivity index (χ4v) is 3.58. The van der Waals surface area contributed by atoms with Crippen molar-refractivity contribution >= 4 is 35.1 Å². The molecule has 24 heavy (non-hydrogen) atoms. The molecule has 1 heterocycles. The summed E-state index contributed by atoms with van der Waals surface area (Å²) in [6, 6.07) is 11.2. The molecule has 0 saturated carbocycles. The molecule has 0 bridgehead atoms. The second-order valence-electron chi connectivity index (χ2n) is 5.74. The zero-order valence-electron chi connectivity index (χ0n) is 13.4. The SMILES string of the molecule is Bc1cc(C)cc(OS(=O)(=O)c2ccc(N3CCNC3=O)cc2)c1. The summed E-state index contributed by atoms with van der Waals surface area (Å²) in [5.41, 5.74) is 2.50. The van der Waals surface area contributed by atoms with Crippen LogP contribution >= 0.6 is 0 Å². The molecule has 3 rings (SSSR count). The monoisotopic (exact) mass is 344 g/mol. The maximum absolute atomic E-state index is 12.4. The van der Waals surface area contributed by atoms with Crippen LogP contribution < -0.4 is 19.9 Å². The Labute approximate surface area is 142 Å². The first-order valence-electron chi connectivity index (χ1n) is 7.53. The Morgan fingerprint density at radius 2 is 1.88 bits per heavy atom. The number of rotatable bonds is 4. The second-order valence-corrected chi connectivity index (χ2v) is 7.28. The van der Waals surface area contributed by atoms with Gasteiger partial charge in [-0.15, -0.1) is 0 Å². The predicted octanol–water partition coefficient (Wildman–Crippen LogP) is 0.551. The number of nitrogens with one attached hydrogen (secondary N) is 1. The van der Waals surface area contributed by atoms with E-state index in [0.717, 1.165) is 11.0 Å². The number of nitrogens with zero attached hydrogens (tertiary/aromatic N) is 1. The lowest BCUT2D eigenvalue weighted by Crippen LogP contribution is -2.27. The summed E-state index contributed by atoms with van der Waals surface area (Å²) in [5, 5.41) is 2.70. The molecular formula is C16H17BN2O4S. The number of amides is 2. The Kier molecular flexibility index (Phi) is 4.23. The zero-order valence-corrected chi connectivity index (χ0v) is 14.3. The molecule has 1 aliphatic rings. The molecule has 124 valence electrons. The van der Waals surface area contributed by atoms with Crippen LogP contribution in [0.3, 0.4) is 0 Å². The summed E-state index contributed by atoms with van der Waals surface area (Å²) in [6.45, 7) is 3.01. The summed E-state index contributed by atoms with van der Waals surface area (Å²) >= 11 is 0. The molecule has 0 spiro atoms. The number of aryl methyl sites for hydroxylation is 1. The third kappa shape index (κ3) is 3.38. The van der Waals surface area contributed by atoms with Crippen molar-refractivity contribution in [3.63, 3.8) is 0 Å². The maximum atomic E-state index is 12.4. The molecule has 1 fully saturated rings. The van der Waals surface area contributed by atoms with Gasteiger partial charge >= 0.3 is 16.1 Å². The molecule has 6 nitrogen and oxygen atoms in total. The highest BCUT2D eigenvalue weighted by Crippen LogP contribution is 2.22. The number of anilines is 1. The summed E-state index contributed by atoms with van der Waals surface area (Å²) < 4.78 is 30.0. The molecular weight excluding hydrogens is 327 g/mol. The van der Waals surface area contributed by atoms with Gasteiger partial charge in [-0.1, -0.05) is 11.5 Å². The van der Waals surface area contributed by atoms with Gasteiger partial charge in [0.1, 0.15) is 18.5 Å². The number of carbonyl (C=O) groups is 1. The van der Waals surface area contributed by atoms with E-state index in [1.54, 1.807) is 29.2 Å². The van der Waals surface area contributed by atoms with Gasteiger partial charge in [0, 0.05) is 18.8 Å². The van der Waals surface area contributed by atoms with E-state index in [4.69, 9.17) is 4.18 Å². The van der Waals surface area contributed by atoms with Crippen LogP contribution in [0.25, 0.3) is 0 Å². The first-order valence-corrected chi connectivity index (χ1v) is 8.94. The van der Waals surface area contributed by atoms with Crippen LogP contribution in [0.1, 0.15) is 5.56 Å². The number of benzene rings is 2. The van der Waals surface area contributed by atoms with Gasteiger partial charge in [-0.05, 0) is 48.9 Å². The van der Waals surface area contributed by atoms with Crippen LogP contribution in [-0.4, -0.2) is 35.4 Å². The highest BCUT2D eigenvalue weighted by atomic mass is 32.2. The molecule has 1 saturated heterocycles. The molecule has 2 aromatic rings. The van der Waals surface area contributed by atoms with Gasteiger partial charge in [-0.25, -0.2) is 4.79 Å². The Hall–Kier alpha value is -2.48. The number of urea groups is 1. The standard InChI is InChI=1S/C16H17BN2O4S/c1-11-8-12(17)10-14(9-11)23-24(21,22)15-4-2-13(3-5-15)19-7-6-18-16(19)20/h2-5,8-10H,6-7,17H2,1H3,(H,18,20). The molecule has 0 unspecified atom stereocenters. The van der Waals surface area contributed by atoms with Gasteiger partial charge in [-0.2, -0.15) is 8.42 Å². The lowest BCUT2D eigenvalue weighted by Gasteiger charge is -2.14. The van der Waals surface area contributed by atoms with Crippen molar-refractivity contribution in [1.29, 1.82) is 0 Å².